The zero-order chi connectivity index (χ0) is 10.8. The van der Waals surface area contributed by atoms with Crippen LogP contribution in [0.3, 0.4) is 0 Å². The van der Waals surface area contributed by atoms with Crippen molar-refractivity contribution >= 4 is 23.2 Å². The maximum atomic E-state index is 5.79. The molecule has 0 bridgehead atoms. The van der Waals surface area contributed by atoms with Crippen LogP contribution in [0.15, 0.2) is 24.4 Å². The molecule has 0 N–H and O–H groups in total. The van der Waals surface area contributed by atoms with E-state index < -0.39 is 0 Å². The topological polar surface area (TPSA) is 38.7 Å². The van der Waals surface area contributed by atoms with Crippen molar-refractivity contribution in [3.05, 3.63) is 40.5 Å². The Morgan fingerprint density at radius 1 is 1.13 bits per heavy atom. The average Bonchev–Trinajstić information content (AvgIpc) is 2.16. The quantitative estimate of drug-likeness (QED) is 0.567. The van der Waals surface area contributed by atoms with Crippen LogP contribution in [-0.4, -0.2) is 15.0 Å². The number of hydrogen-bond acceptors (Lipinski definition) is 3. The van der Waals surface area contributed by atoms with Gasteiger partial charge in [-0.25, -0.2) is 9.97 Å². The largest absolute Gasteiger partial charge is 0.262 e. The third kappa shape index (κ3) is 2.43. The molecular formula is C10H7Cl2N3. The molecule has 0 unspecified atom stereocenters. The number of aryl methyl sites for hydroxylation is 1. The molecule has 2 aromatic heterocycles. The van der Waals surface area contributed by atoms with Gasteiger partial charge in [0.05, 0.1) is 5.69 Å². The molecule has 0 amide bonds. The first-order valence-electron chi connectivity index (χ1n) is 4.28. The van der Waals surface area contributed by atoms with Gasteiger partial charge in [-0.2, -0.15) is 0 Å². The zero-order valence-corrected chi connectivity index (χ0v) is 9.42. The fourth-order valence-corrected chi connectivity index (χ4v) is 1.65. The molecule has 3 nitrogen and oxygen atoms in total. The minimum atomic E-state index is 0.145. The van der Waals surface area contributed by atoms with Crippen molar-refractivity contribution in [2.24, 2.45) is 0 Å². The predicted molar refractivity (Wildman–Crippen MR) is 60.0 cm³/mol. The van der Waals surface area contributed by atoms with Crippen molar-refractivity contribution in [2.45, 2.75) is 6.92 Å². The highest BCUT2D eigenvalue weighted by Crippen LogP contribution is 2.21. The number of aromatic nitrogens is 3. The van der Waals surface area contributed by atoms with Gasteiger partial charge in [0.1, 0.15) is 5.15 Å². The molecular weight excluding hydrogens is 233 g/mol. The highest BCUT2D eigenvalue weighted by Gasteiger charge is 2.04. The molecule has 0 saturated carbocycles. The van der Waals surface area contributed by atoms with E-state index in [0.717, 1.165) is 11.3 Å². The van der Waals surface area contributed by atoms with Gasteiger partial charge >= 0.3 is 0 Å². The summed E-state index contributed by atoms with van der Waals surface area (Å²) in [6, 6.07) is 5.43. The van der Waals surface area contributed by atoms with Crippen LogP contribution in [0.5, 0.6) is 0 Å². The summed E-state index contributed by atoms with van der Waals surface area (Å²) in [5.41, 5.74) is 2.54. The molecule has 0 radical (unpaired) electrons. The molecule has 0 saturated heterocycles. The second kappa shape index (κ2) is 4.13. The second-order valence-corrected chi connectivity index (χ2v) is 3.76. The highest BCUT2D eigenvalue weighted by molar-refractivity contribution is 6.32. The van der Waals surface area contributed by atoms with Gasteiger partial charge in [0.25, 0.3) is 0 Å². The third-order valence-corrected chi connectivity index (χ3v) is 2.22. The van der Waals surface area contributed by atoms with Crippen LogP contribution in [0.25, 0.3) is 11.3 Å². The van der Waals surface area contributed by atoms with E-state index in [0.29, 0.717) is 10.8 Å². The van der Waals surface area contributed by atoms with Gasteiger partial charge in [0.15, 0.2) is 0 Å². The standard InChI is InChI=1S/C10H7Cl2N3/c1-6-4-7(2-3-13-6)8-5-9(11)15-10(12)14-8/h2-5H,1H3. The van der Waals surface area contributed by atoms with Gasteiger partial charge in [-0.05, 0) is 30.7 Å². The molecule has 5 heteroatoms. The molecule has 15 heavy (non-hydrogen) atoms. The number of halogens is 2. The van der Waals surface area contributed by atoms with E-state index in [1.165, 1.54) is 0 Å². The Kier molecular flexibility index (Phi) is 2.84. The monoisotopic (exact) mass is 239 g/mol. The lowest BCUT2D eigenvalue weighted by Gasteiger charge is -2.02. The van der Waals surface area contributed by atoms with Crippen molar-refractivity contribution < 1.29 is 0 Å². The normalized spacial score (nSPS) is 10.3. The molecule has 2 rings (SSSR count). The lowest BCUT2D eigenvalue weighted by Crippen LogP contribution is -1.89. The Balaban J connectivity index is 2.54. The van der Waals surface area contributed by atoms with Gasteiger partial charge in [-0.3, -0.25) is 4.98 Å². The maximum absolute atomic E-state index is 5.79. The van der Waals surface area contributed by atoms with Crippen molar-refractivity contribution in [1.29, 1.82) is 0 Å². The minimum absolute atomic E-state index is 0.145. The Hall–Kier alpha value is -1.19. The molecule has 0 aromatic carbocycles. The Labute approximate surface area is 97.1 Å². The summed E-state index contributed by atoms with van der Waals surface area (Å²) in [5, 5.41) is 0.478. The van der Waals surface area contributed by atoms with Crippen molar-refractivity contribution in [3.8, 4) is 11.3 Å². The molecule has 0 aliphatic heterocycles. The van der Waals surface area contributed by atoms with Crippen LogP contribution >= 0.6 is 23.2 Å². The Bertz CT molecular complexity index is 480. The van der Waals surface area contributed by atoms with Crippen molar-refractivity contribution in [3.63, 3.8) is 0 Å². The average molecular weight is 240 g/mol. The number of nitrogens with zero attached hydrogens (tertiary/aromatic N) is 3. The van der Waals surface area contributed by atoms with Gasteiger partial charge < -0.3 is 0 Å². The molecule has 0 atom stereocenters. The van der Waals surface area contributed by atoms with Gasteiger partial charge in [-0.15, -0.1) is 0 Å². The third-order valence-electron chi connectivity index (χ3n) is 1.86. The van der Waals surface area contributed by atoms with E-state index in [1.807, 2.05) is 19.1 Å². The minimum Gasteiger partial charge on any atom is -0.262 e. The van der Waals surface area contributed by atoms with E-state index in [-0.39, 0.29) is 5.28 Å². The number of hydrogen-bond donors (Lipinski definition) is 0. The van der Waals surface area contributed by atoms with Crippen molar-refractivity contribution in [1.82, 2.24) is 15.0 Å². The fourth-order valence-electron chi connectivity index (χ4n) is 1.24. The summed E-state index contributed by atoms with van der Waals surface area (Å²) in [4.78, 5) is 12.0. The van der Waals surface area contributed by atoms with Gasteiger partial charge in [0.2, 0.25) is 5.28 Å². The lowest BCUT2D eigenvalue weighted by atomic mass is 10.2. The maximum Gasteiger partial charge on any atom is 0.224 e. The Morgan fingerprint density at radius 2 is 1.93 bits per heavy atom. The lowest BCUT2D eigenvalue weighted by molar-refractivity contribution is 1.16. The molecule has 0 aliphatic rings. The molecule has 76 valence electrons. The summed E-state index contributed by atoms with van der Waals surface area (Å²) in [6.45, 7) is 1.91. The first-order chi connectivity index (χ1) is 7.15. The van der Waals surface area contributed by atoms with Crippen LogP contribution in [0.4, 0.5) is 0 Å². The van der Waals surface area contributed by atoms with E-state index in [1.54, 1.807) is 12.3 Å². The van der Waals surface area contributed by atoms with E-state index in [4.69, 9.17) is 23.2 Å². The van der Waals surface area contributed by atoms with Crippen LogP contribution in [0.1, 0.15) is 5.69 Å². The van der Waals surface area contributed by atoms with Crippen LogP contribution in [0, 0.1) is 6.92 Å². The Morgan fingerprint density at radius 3 is 2.60 bits per heavy atom. The summed E-state index contributed by atoms with van der Waals surface area (Å²) in [7, 11) is 0. The van der Waals surface area contributed by atoms with Crippen molar-refractivity contribution in [2.75, 3.05) is 0 Å². The summed E-state index contributed by atoms with van der Waals surface area (Å²) in [6.07, 6.45) is 1.72. The summed E-state index contributed by atoms with van der Waals surface area (Å²) in [5.74, 6) is 0. The highest BCUT2D eigenvalue weighted by atomic mass is 35.5. The van der Waals surface area contributed by atoms with E-state index >= 15 is 0 Å². The SMILES string of the molecule is Cc1cc(-c2cc(Cl)nc(Cl)n2)ccn1. The van der Waals surface area contributed by atoms with Gasteiger partial charge in [-0.1, -0.05) is 11.6 Å². The van der Waals surface area contributed by atoms with E-state index in [9.17, 15) is 0 Å². The number of rotatable bonds is 1. The molecule has 0 aliphatic carbocycles. The van der Waals surface area contributed by atoms with Gasteiger partial charge in [0, 0.05) is 23.5 Å². The molecule has 0 spiro atoms. The molecule has 0 fully saturated rings. The second-order valence-electron chi connectivity index (χ2n) is 3.03. The smallest absolute Gasteiger partial charge is 0.224 e. The summed E-state index contributed by atoms with van der Waals surface area (Å²) < 4.78 is 0. The predicted octanol–water partition coefficient (Wildman–Crippen LogP) is 3.15. The first-order valence-corrected chi connectivity index (χ1v) is 5.04. The molecule has 2 heterocycles. The fraction of sp³-hybridized carbons (Fsp3) is 0.100. The van der Waals surface area contributed by atoms with E-state index in [2.05, 4.69) is 15.0 Å². The van der Waals surface area contributed by atoms with Crippen LogP contribution in [-0.2, 0) is 0 Å². The van der Waals surface area contributed by atoms with Crippen LogP contribution in [0.2, 0.25) is 10.4 Å². The first kappa shape index (κ1) is 10.3. The van der Waals surface area contributed by atoms with Crippen LogP contribution < -0.4 is 0 Å². The zero-order valence-electron chi connectivity index (χ0n) is 7.91. The number of pyridine rings is 1. The molecule has 2 aromatic rings. The summed E-state index contributed by atoms with van der Waals surface area (Å²) >= 11 is 11.5.